The Hall–Kier alpha value is -2.03. The fourth-order valence-electron chi connectivity index (χ4n) is 2.78. The minimum absolute atomic E-state index is 0.0531. The normalized spacial score (nSPS) is 13.7. The Bertz CT molecular complexity index is 841. The van der Waals surface area contributed by atoms with Crippen LogP contribution in [-0.4, -0.2) is 24.3 Å². The first-order chi connectivity index (χ1) is 12.2. The Labute approximate surface area is 152 Å². The third-order valence-electron chi connectivity index (χ3n) is 4.01. The van der Waals surface area contributed by atoms with Gasteiger partial charge in [0.15, 0.2) is 5.78 Å². The summed E-state index contributed by atoms with van der Waals surface area (Å²) in [5.41, 5.74) is 1.63. The topological polar surface area (TPSA) is 55.8 Å². The number of carbonyl (C=O) groups excluding carboxylic acids is 1. The summed E-state index contributed by atoms with van der Waals surface area (Å²) in [7, 11) is -1.12. The summed E-state index contributed by atoms with van der Waals surface area (Å²) in [6, 6.07) is 8.68. The zero-order chi connectivity index (χ0) is 18.9. The molecule has 0 atom stereocenters. The lowest BCUT2D eigenvalue weighted by Gasteiger charge is -2.13. The molecule has 0 saturated heterocycles. The van der Waals surface area contributed by atoms with E-state index >= 15 is 0 Å². The van der Waals surface area contributed by atoms with Gasteiger partial charge in [0.05, 0.1) is 11.6 Å². The van der Waals surface area contributed by atoms with Crippen LogP contribution in [0, 0.1) is 0 Å². The van der Waals surface area contributed by atoms with Gasteiger partial charge < -0.3 is 14.4 Å². The van der Waals surface area contributed by atoms with Gasteiger partial charge >= 0.3 is 13.5 Å². The van der Waals surface area contributed by atoms with Crippen molar-refractivity contribution in [1.29, 1.82) is 0 Å². The number of hydrogen-bond acceptors (Lipinski definition) is 4. The lowest BCUT2D eigenvalue weighted by atomic mass is 9.78. The smallest absolute Gasteiger partial charge is 0.423 e. The van der Waals surface area contributed by atoms with Crippen molar-refractivity contribution in [2.75, 3.05) is 0 Å². The Morgan fingerprint density at radius 2 is 2.04 bits per heavy atom. The fourth-order valence-corrected chi connectivity index (χ4v) is 3.07. The van der Waals surface area contributed by atoms with Gasteiger partial charge in [0.1, 0.15) is 5.75 Å². The molecule has 26 heavy (non-hydrogen) atoms. The van der Waals surface area contributed by atoms with Crippen LogP contribution in [0.5, 0.6) is 5.75 Å². The van der Waals surface area contributed by atoms with Crippen LogP contribution in [0.1, 0.15) is 27.9 Å². The van der Waals surface area contributed by atoms with Gasteiger partial charge in [0.25, 0.3) is 0 Å². The van der Waals surface area contributed by atoms with Crippen molar-refractivity contribution < 1.29 is 32.4 Å². The maximum Gasteiger partial charge on any atom is 0.573 e. The highest BCUT2D eigenvalue weighted by Crippen LogP contribution is 2.28. The monoisotopic (exact) mass is 384 g/mol. The van der Waals surface area contributed by atoms with E-state index in [4.69, 9.17) is 16.3 Å². The maximum atomic E-state index is 12.5. The van der Waals surface area contributed by atoms with Crippen LogP contribution in [0.15, 0.2) is 36.4 Å². The van der Waals surface area contributed by atoms with Gasteiger partial charge in [-0.15, -0.1) is 13.2 Å². The molecule has 2 aromatic rings. The van der Waals surface area contributed by atoms with E-state index in [1.807, 2.05) is 0 Å². The summed E-state index contributed by atoms with van der Waals surface area (Å²) >= 11 is 6.12. The molecule has 0 unspecified atom stereocenters. The molecule has 2 aromatic carbocycles. The summed E-state index contributed by atoms with van der Waals surface area (Å²) in [4.78, 5) is 12.5. The molecule has 0 amide bonds. The van der Waals surface area contributed by atoms with Crippen LogP contribution in [-0.2, 0) is 17.7 Å². The zero-order valence-corrected chi connectivity index (χ0v) is 14.1. The van der Waals surface area contributed by atoms with E-state index in [9.17, 15) is 23.0 Å². The molecule has 0 aromatic heterocycles. The molecule has 0 bridgehead atoms. The van der Waals surface area contributed by atoms with E-state index in [0.29, 0.717) is 11.0 Å². The highest BCUT2D eigenvalue weighted by atomic mass is 35.5. The fraction of sp³-hybridized carbons (Fsp3) is 0.235. The van der Waals surface area contributed by atoms with Crippen molar-refractivity contribution in [3.63, 3.8) is 0 Å². The Morgan fingerprint density at radius 1 is 1.31 bits per heavy atom. The molecule has 0 fully saturated rings. The van der Waals surface area contributed by atoms with E-state index in [0.717, 1.165) is 0 Å². The molecule has 0 saturated carbocycles. The van der Waals surface area contributed by atoms with Crippen LogP contribution in [0.4, 0.5) is 13.2 Å². The second-order valence-electron chi connectivity index (χ2n) is 5.77. The Morgan fingerprint density at radius 3 is 2.77 bits per heavy atom. The standard InChI is InChI=1S/C17H13BClF3O4/c19-14-7-11-9-25-18(24)13(11)8-12(14)15(23)6-5-10-3-1-2-4-16(10)26-17(20,21)22/h1-4,7-8,24H,5-6,9H2. The highest BCUT2D eigenvalue weighted by Gasteiger charge is 2.32. The molecule has 3 rings (SSSR count). The molecule has 1 aliphatic heterocycles. The van der Waals surface area contributed by atoms with Gasteiger partial charge in [-0.1, -0.05) is 29.8 Å². The molecule has 1 aliphatic rings. The van der Waals surface area contributed by atoms with E-state index in [-0.39, 0.29) is 47.1 Å². The number of benzene rings is 2. The van der Waals surface area contributed by atoms with Crippen molar-refractivity contribution in [2.24, 2.45) is 0 Å². The number of ether oxygens (including phenoxy) is 1. The van der Waals surface area contributed by atoms with E-state index < -0.39 is 13.5 Å². The first kappa shape index (κ1) is 18.8. The maximum absolute atomic E-state index is 12.5. The number of Topliss-reactive ketones (excluding diaryl/α,β-unsaturated/α-hetero) is 1. The minimum Gasteiger partial charge on any atom is -0.423 e. The molecule has 1 heterocycles. The molecule has 0 radical (unpaired) electrons. The first-order valence-corrected chi connectivity index (χ1v) is 8.11. The van der Waals surface area contributed by atoms with Gasteiger partial charge in [-0.2, -0.15) is 0 Å². The summed E-state index contributed by atoms with van der Waals surface area (Å²) in [5.74, 6) is -0.685. The Kier molecular flexibility index (Phi) is 5.27. The van der Waals surface area contributed by atoms with Gasteiger partial charge in [-0.25, -0.2) is 0 Å². The molecule has 0 spiro atoms. The number of hydrogen-bond donors (Lipinski definition) is 1. The zero-order valence-electron chi connectivity index (χ0n) is 13.3. The van der Waals surface area contributed by atoms with E-state index in [1.165, 1.54) is 24.3 Å². The Balaban J connectivity index is 1.75. The number of halogens is 4. The number of alkyl halides is 3. The lowest BCUT2D eigenvalue weighted by Crippen LogP contribution is -2.29. The second-order valence-corrected chi connectivity index (χ2v) is 6.18. The van der Waals surface area contributed by atoms with Crippen molar-refractivity contribution in [3.8, 4) is 5.75 Å². The molecule has 136 valence electrons. The van der Waals surface area contributed by atoms with Crippen molar-refractivity contribution in [3.05, 3.63) is 58.1 Å². The van der Waals surface area contributed by atoms with Crippen LogP contribution in [0.3, 0.4) is 0 Å². The molecular formula is C17H13BClF3O4. The van der Waals surface area contributed by atoms with Gasteiger partial charge in [0.2, 0.25) is 0 Å². The summed E-state index contributed by atoms with van der Waals surface area (Å²) < 4.78 is 46.4. The predicted octanol–water partition coefficient (Wildman–Crippen LogP) is 3.27. The number of para-hydroxylation sites is 1. The predicted molar refractivity (Wildman–Crippen MR) is 89.6 cm³/mol. The SMILES string of the molecule is O=C(CCc1ccccc1OC(F)(F)F)c1cc2c(cc1Cl)COB2O. The number of rotatable bonds is 5. The van der Waals surface area contributed by atoms with Crippen LogP contribution >= 0.6 is 11.6 Å². The largest absolute Gasteiger partial charge is 0.573 e. The summed E-state index contributed by atoms with van der Waals surface area (Å²) in [5, 5.41) is 9.95. The molecule has 0 aliphatic carbocycles. The highest BCUT2D eigenvalue weighted by molar-refractivity contribution is 6.61. The number of fused-ring (bicyclic) bond motifs is 1. The quantitative estimate of drug-likeness (QED) is 0.635. The van der Waals surface area contributed by atoms with Crippen molar-refractivity contribution >= 4 is 30.0 Å². The van der Waals surface area contributed by atoms with Gasteiger partial charge in [-0.3, -0.25) is 4.79 Å². The molecular weight excluding hydrogens is 371 g/mol. The van der Waals surface area contributed by atoms with Crippen LogP contribution in [0.2, 0.25) is 5.02 Å². The third-order valence-corrected chi connectivity index (χ3v) is 4.32. The number of aryl methyl sites for hydroxylation is 1. The number of ketones is 1. The van der Waals surface area contributed by atoms with Crippen molar-refractivity contribution in [2.45, 2.75) is 25.8 Å². The van der Waals surface area contributed by atoms with E-state index in [2.05, 4.69) is 4.74 Å². The number of carbonyl (C=O) groups is 1. The van der Waals surface area contributed by atoms with Gasteiger partial charge in [-0.05, 0) is 41.2 Å². The first-order valence-electron chi connectivity index (χ1n) is 7.73. The lowest BCUT2D eigenvalue weighted by molar-refractivity contribution is -0.274. The van der Waals surface area contributed by atoms with Crippen LogP contribution < -0.4 is 10.2 Å². The average Bonchev–Trinajstić information content (AvgIpc) is 2.92. The van der Waals surface area contributed by atoms with E-state index in [1.54, 1.807) is 12.1 Å². The molecule has 1 N–H and O–H groups in total. The summed E-state index contributed by atoms with van der Waals surface area (Å²) in [6.45, 7) is 0.201. The average molecular weight is 385 g/mol. The van der Waals surface area contributed by atoms with Crippen LogP contribution in [0.25, 0.3) is 0 Å². The third kappa shape index (κ3) is 4.20. The summed E-state index contributed by atoms with van der Waals surface area (Å²) in [6.07, 6.45) is -4.81. The minimum atomic E-state index is -4.81. The molecule has 9 heteroatoms. The second kappa shape index (κ2) is 7.30. The molecule has 4 nitrogen and oxygen atoms in total. The van der Waals surface area contributed by atoms with Crippen molar-refractivity contribution in [1.82, 2.24) is 0 Å². The van der Waals surface area contributed by atoms with Gasteiger partial charge in [0, 0.05) is 12.0 Å².